The quantitative estimate of drug-likeness (QED) is 0.657. The standard InChI is InChI=1S/C14H28OSi/c1-14(2,3)10-11-16(4,5)13-9-7-6-8-12(13)15/h13H,6-11H2,1-5H3/t13-/m1/s1. The SMILES string of the molecule is CC(C)(C)CC[Si](C)(C)[C@@H]1CCCCC1=O. The molecule has 0 aromatic rings. The van der Waals surface area contributed by atoms with Crippen LogP contribution >= 0.6 is 0 Å². The van der Waals surface area contributed by atoms with Gasteiger partial charge in [-0.2, -0.15) is 0 Å². The molecule has 1 saturated carbocycles. The van der Waals surface area contributed by atoms with Crippen LogP contribution in [0.15, 0.2) is 0 Å². The Labute approximate surface area is 102 Å². The second-order valence-corrected chi connectivity index (χ2v) is 12.5. The molecular formula is C14H28OSi. The third-order valence-electron chi connectivity index (χ3n) is 4.02. The number of rotatable bonds is 3. The molecule has 0 aromatic carbocycles. The molecule has 0 heterocycles. The van der Waals surface area contributed by atoms with Gasteiger partial charge in [-0.3, -0.25) is 4.79 Å². The number of carbonyl (C=O) groups excluding carboxylic acids is 1. The zero-order chi connectivity index (χ0) is 12.4. The minimum atomic E-state index is -1.32. The maximum absolute atomic E-state index is 12.0. The molecule has 0 aliphatic heterocycles. The van der Waals surface area contributed by atoms with Gasteiger partial charge in [0.15, 0.2) is 0 Å². The summed E-state index contributed by atoms with van der Waals surface area (Å²) >= 11 is 0. The Kier molecular flexibility index (Phi) is 4.39. The number of Topliss-reactive ketones (excluding diaryl/α,β-unsaturated/α-hetero) is 1. The zero-order valence-electron chi connectivity index (χ0n) is 11.7. The van der Waals surface area contributed by atoms with Crippen molar-refractivity contribution in [3.8, 4) is 0 Å². The average molecular weight is 240 g/mol. The molecule has 0 amide bonds. The van der Waals surface area contributed by atoms with Crippen molar-refractivity contribution in [2.75, 3.05) is 0 Å². The molecule has 0 radical (unpaired) electrons. The van der Waals surface area contributed by atoms with Crippen LogP contribution in [-0.4, -0.2) is 13.9 Å². The number of hydrogen-bond donors (Lipinski definition) is 0. The van der Waals surface area contributed by atoms with Crippen LogP contribution in [0.5, 0.6) is 0 Å². The first-order valence-electron chi connectivity index (χ1n) is 6.75. The molecule has 0 bridgehead atoms. The van der Waals surface area contributed by atoms with E-state index in [0.29, 0.717) is 16.7 Å². The van der Waals surface area contributed by atoms with Crippen LogP contribution in [0.25, 0.3) is 0 Å². The molecule has 0 spiro atoms. The summed E-state index contributed by atoms with van der Waals surface area (Å²) in [6.45, 7) is 11.8. The molecule has 1 atom stereocenters. The van der Waals surface area contributed by atoms with E-state index in [9.17, 15) is 4.79 Å². The lowest BCUT2D eigenvalue weighted by atomic mass is 9.93. The van der Waals surface area contributed by atoms with Gasteiger partial charge in [-0.25, -0.2) is 0 Å². The maximum Gasteiger partial charge on any atom is 0.133 e. The second-order valence-electron chi connectivity index (χ2n) is 7.31. The fourth-order valence-electron chi connectivity index (χ4n) is 2.68. The van der Waals surface area contributed by atoms with Gasteiger partial charge in [0.1, 0.15) is 5.78 Å². The van der Waals surface area contributed by atoms with E-state index in [2.05, 4.69) is 33.9 Å². The normalized spacial score (nSPS) is 23.6. The smallest absolute Gasteiger partial charge is 0.133 e. The van der Waals surface area contributed by atoms with Crippen LogP contribution in [0.4, 0.5) is 0 Å². The number of carbonyl (C=O) groups is 1. The summed E-state index contributed by atoms with van der Waals surface area (Å²) in [5.41, 5.74) is 0.880. The van der Waals surface area contributed by atoms with E-state index in [1.54, 1.807) is 0 Å². The summed E-state index contributed by atoms with van der Waals surface area (Å²) in [5.74, 6) is 0.580. The molecule has 16 heavy (non-hydrogen) atoms. The van der Waals surface area contributed by atoms with Crippen LogP contribution in [0, 0.1) is 5.41 Å². The number of ketones is 1. The van der Waals surface area contributed by atoms with E-state index in [0.717, 1.165) is 12.8 Å². The van der Waals surface area contributed by atoms with Crippen molar-refractivity contribution in [2.45, 2.75) is 77.6 Å². The molecule has 0 unspecified atom stereocenters. The molecule has 1 aliphatic rings. The molecule has 1 nitrogen and oxygen atoms in total. The lowest BCUT2D eigenvalue weighted by Crippen LogP contribution is -2.39. The van der Waals surface area contributed by atoms with Crippen molar-refractivity contribution in [2.24, 2.45) is 5.41 Å². The molecule has 1 fully saturated rings. The average Bonchev–Trinajstić information content (AvgIpc) is 2.14. The Hall–Kier alpha value is -0.113. The first-order valence-corrected chi connectivity index (χ1v) is 10.0. The summed E-state index contributed by atoms with van der Waals surface area (Å²) in [5, 5.41) is 0. The van der Waals surface area contributed by atoms with Crippen molar-refractivity contribution in [3.05, 3.63) is 0 Å². The van der Waals surface area contributed by atoms with Crippen molar-refractivity contribution < 1.29 is 4.79 Å². The Bertz CT molecular complexity index is 250. The van der Waals surface area contributed by atoms with E-state index >= 15 is 0 Å². The fourth-order valence-corrected chi connectivity index (χ4v) is 6.43. The molecule has 1 aliphatic carbocycles. The summed E-state index contributed by atoms with van der Waals surface area (Å²) in [7, 11) is -1.32. The Balaban J connectivity index is 2.58. The van der Waals surface area contributed by atoms with Gasteiger partial charge in [-0.1, -0.05) is 52.8 Å². The van der Waals surface area contributed by atoms with Crippen LogP contribution in [0.3, 0.4) is 0 Å². The lowest BCUT2D eigenvalue weighted by molar-refractivity contribution is -0.120. The zero-order valence-corrected chi connectivity index (χ0v) is 12.7. The first kappa shape index (κ1) is 13.9. The van der Waals surface area contributed by atoms with Gasteiger partial charge in [-0.05, 0) is 18.3 Å². The highest BCUT2D eigenvalue weighted by Crippen LogP contribution is 2.39. The van der Waals surface area contributed by atoms with Gasteiger partial charge in [-0.15, -0.1) is 0 Å². The van der Waals surface area contributed by atoms with E-state index in [4.69, 9.17) is 0 Å². The van der Waals surface area contributed by atoms with Gasteiger partial charge in [0, 0.05) is 12.0 Å². The fraction of sp³-hybridized carbons (Fsp3) is 0.929. The summed E-state index contributed by atoms with van der Waals surface area (Å²) < 4.78 is 0. The first-order chi connectivity index (χ1) is 7.22. The number of hydrogen-bond acceptors (Lipinski definition) is 1. The van der Waals surface area contributed by atoms with E-state index < -0.39 is 8.07 Å². The highest BCUT2D eigenvalue weighted by molar-refractivity contribution is 6.81. The highest BCUT2D eigenvalue weighted by Gasteiger charge is 2.38. The largest absolute Gasteiger partial charge is 0.300 e. The molecule has 0 N–H and O–H groups in total. The van der Waals surface area contributed by atoms with Crippen molar-refractivity contribution >= 4 is 13.9 Å². The van der Waals surface area contributed by atoms with Crippen molar-refractivity contribution in [1.82, 2.24) is 0 Å². The summed E-state index contributed by atoms with van der Waals surface area (Å²) in [6, 6.07) is 1.31. The topological polar surface area (TPSA) is 17.1 Å². The summed E-state index contributed by atoms with van der Waals surface area (Å²) in [6.07, 6.45) is 5.73. The van der Waals surface area contributed by atoms with Gasteiger partial charge < -0.3 is 0 Å². The third-order valence-corrected chi connectivity index (χ3v) is 8.05. The molecule has 2 heteroatoms. The third kappa shape index (κ3) is 4.04. The maximum atomic E-state index is 12.0. The van der Waals surface area contributed by atoms with Crippen LogP contribution < -0.4 is 0 Å². The van der Waals surface area contributed by atoms with Gasteiger partial charge >= 0.3 is 0 Å². The van der Waals surface area contributed by atoms with Gasteiger partial charge in [0.05, 0.1) is 8.07 Å². The monoisotopic (exact) mass is 240 g/mol. The minimum absolute atomic E-state index is 0.419. The molecule has 0 aromatic heterocycles. The molecule has 1 rings (SSSR count). The van der Waals surface area contributed by atoms with Gasteiger partial charge in [0.2, 0.25) is 0 Å². The Morgan fingerprint density at radius 3 is 2.38 bits per heavy atom. The van der Waals surface area contributed by atoms with Crippen molar-refractivity contribution in [1.29, 1.82) is 0 Å². The van der Waals surface area contributed by atoms with Crippen LogP contribution in [0.2, 0.25) is 24.7 Å². The molecule has 94 valence electrons. The predicted octanol–water partition coefficient (Wildman–Crippen LogP) is 4.64. The highest BCUT2D eigenvalue weighted by atomic mass is 28.3. The minimum Gasteiger partial charge on any atom is -0.300 e. The molecule has 0 saturated heterocycles. The lowest BCUT2D eigenvalue weighted by Gasteiger charge is -2.36. The Morgan fingerprint density at radius 1 is 1.25 bits per heavy atom. The predicted molar refractivity (Wildman–Crippen MR) is 73.6 cm³/mol. The Morgan fingerprint density at radius 2 is 1.88 bits per heavy atom. The van der Waals surface area contributed by atoms with Crippen LogP contribution in [0.1, 0.15) is 52.9 Å². The second kappa shape index (κ2) is 5.03. The summed E-state index contributed by atoms with van der Waals surface area (Å²) in [4.78, 5) is 12.0. The van der Waals surface area contributed by atoms with E-state index in [1.165, 1.54) is 25.3 Å². The van der Waals surface area contributed by atoms with Gasteiger partial charge in [0.25, 0.3) is 0 Å². The van der Waals surface area contributed by atoms with E-state index in [1.807, 2.05) is 0 Å². The van der Waals surface area contributed by atoms with Crippen molar-refractivity contribution in [3.63, 3.8) is 0 Å². The van der Waals surface area contributed by atoms with Crippen LogP contribution in [-0.2, 0) is 4.79 Å². The molecular weight excluding hydrogens is 212 g/mol. The van der Waals surface area contributed by atoms with E-state index in [-0.39, 0.29) is 0 Å².